The number of thioether (sulfide) groups is 1. The summed E-state index contributed by atoms with van der Waals surface area (Å²) in [7, 11) is 0. The average molecular weight is 349 g/mol. The van der Waals surface area contributed by atoms with Crippen molar-refractivity contribution < 1.29 is 18.7 Å². The molecular weight excluding hydrogens is 330 g/mol. The van der Waals surface area contributed by atoms with Gasteiger partial charge in [-0.1, -0.05) is 23.9 Å². The van der Waals surface area contributed by atoms with Gasteiger partial charge in [-0.15, -0.1) is 10.2 Å². The molecule has 0 fully saturated rings. The highest BCUT2D eigenvalue weighted by molar-refractivity contribution is 7.99. The van der Waals surface area contributed by atoms with E-state index in [1.54, 1.807) is 0 Å². The number of nitrogens with zero attached hydrogens (tertiary/aromatic N) is 2. The summed E-state index contributed by atoms with van der Waals surface area (Å²) in [6.07, 6.45) is -0.454. The maximum absolute atomic E-state index is 11.8. The lowest BCUT2D eigenvalue weighted by Gasteiger charge is -2.23. The van der Waals surface area contributed by atoms with Crippen LogP contribution < -0.4 is 14.8 Å². The predicted molar refractivity (Wildman–Crippen MR) is 88.2 cm³/mol. The summed E-state index contributed by atoms with van der Waals surface area (Å²) in [4.78, 5) is 11.8. The van der Waals surface area contributed by atoms with Crippen LogP contribution in [0.15, 0.2) is 33.9 Å². The number of ether oxygens (including phenoxy) is 2. The lowest BCUT2D eigenvalue weighted by atomic mass is 10.1. The Hall–Kier alpha value is -2.22. The smallest absolute Gasteiger partial charge is 0.277 e. The van der Waals surface area contributed by atoms with Crippen LogP contribution in [-0.2, 0) is 4.79 Å². The molecule has 1 aliphatic heterocycles. The molecule has 0 radical (unpaired) electrons. The van der Waals surface area contributed by atoms with Crippen molar-refractivity contribution in [3.05, 3.63) is 30.2 Å². The summed E-state index contributed by atoms with van der Waals surface area (Å²) in [5, 5.41) is 11.1. The lowest BCUT2D eigenvalue weighted by molar-refractivity contribution is -0.119. The van der Waals surface area contributed by atoms with E-state index in [9.17, 15) is 4.79 Å². The van der Waals surface area contributed by atoms with Crippen molar-refractivity contribution in [3.63, 3.8) is 0 Å². The number of aromatic nitrogens is 2. The van der Waals surface area contributed by atoms with E-state index in [0.29, 0.717) is 29.2 Å². The maximum Gasteiger partial charge on any atom is 0.277 e. The Labute approximate surface area is 144 Å². The lowest BCUT2D eigenvalue weighted by Crippen LogP contribution is -2.41. The van der Waals surface area contributed by atoms with Crippen LogP contribution in [0.3, 0.4) is 0 Å². The third-order valence-corrected chi connectivity index (χ3v) is 3.87. The maximum atomic E-state index is 11.8. The zero-order valence-corrected chi connectivity index (χ0v) is 14.6. The normalized spacial score (nSPS) is 16.7. The van der Waals surface area contributed by atoms with E-state index in [1.807, 2.05) is 45.0 Å². The molecule has 1 amide bonds. The topological polar surface area (TPSA) is 86.5 Å². The summed E-state index contributed by atoms with van der Waals surface area (Å²) in [6, 6.07) is 7.42. The van der Waals surface area contributed by atoms with Gasteiger partial charge in [0.2, 0.25) is 12.0 Å². The van der Waals surface area contributed by atoms with Gasteiger partial charge in [-0.05, 0) is 32.9 Å². The van der Waals surface area contributed by atoms with E-state index < -0.39 is 6.10 Å². The molecule has 1 aromatic heterocycles. The van der Waals surface area contributed by atoms with E-state index in [1.165, 1.54) is 11.8 Å². The van der Waals surface area contributed by atoms with Crippen molar-refractivity contribution in [2.45, 2.75) is 37.6 Å². The van der Waals surface area contributed by atoms with Gasteiger partial charge in [0.15, 0.2) is 11.5 Å². The molecule has 2 aromatic rings. The number of fused-ring (bicyclic) bond motifs is 1. The predicted octanol–water partition coefficient (Wildman–Crippen LogP) is 2.59. The van der Waals surface area contributed by atoms with E-state index in [4.69, 9.17) is 13.9 Å². The first kappa shape index (κ1) is 16.6. The molecule has 1 atom stereocenters. The Balaban J connectivity index is 1.57. The van der Waals surface area contributed by atoms with Crippen molar-refractivity contribution in [1.82, 2.24) is 15.5 Å². The number of nitrogens with one attached hydrogen (secondary N) is 1. The molecule has 0 aliphatic carbocycles. The van der Waals surface area contributed by atoms with Crippen molar-refractivity contribution in [2.75, 3.05) is 12.4 Å². The summed E-state index contributed by atoms with van der Waals surface area (Å²) in [5.41, 5.74) is -0.266. The van der Waals surface area contributed by atoms with Crippen molar-refractivity contribution >= 4 is 17.7 Å². The Bertz CT molecular complexity index is 726. The highest BCUT2D eigenvalue weighted by Crippen LogP contribution is 2.35. The van der Waals surface area contributed by atoms with Gasteiger partial charge in [0.05, 0.1) is 5.75 Å². The van der Waals surface area contributed by atoms with Gasteiger partial charge in [0.1, 0.15) is 6.61 Å². The Kier molecular flexibility index (Phi) is 4.66. The number of rotatable bonds is 4. The van der Waals surface area contributed by atoms with E-state index in [-0.39, 0.29) is 17.2 Å². The molecule has 1 unspecified atom stereocenters. The molecule has 7 nitrogen and oxygen atoms in total. The summed E-state index contributed by atoms with van der Waals surface area (Å²) in [6.45, 7) is 6.09. The second kappa shape index (κ2) is 6.72. The van der Waals surface area contributed by atoms with Gasteiger partial charge in [-0.3, -0.25) is 4.79 Å². The number of hydrogen-bond donors (Lipinski definition) is 1. The fraction of sp³-hybridized carbons (Fsp3) is 0.438. The monoisotopic (exact) mass is 349 g/mol. The Morgan fingerprint density at radius 3 is 2.79 bits per heavy atom. The van der Waals surface area contributed by atoms with Crippen LogP contribution in [0.2, 0.25) is 0 Å². The molecule has 0 spiro atoms. The molecule has 0 saturated heterocycles. The minimum atomic E-state index is -0.454. The molecule has 0 saturated carbocycles. The first-order valence-electron chi connectivity index (χ1n) is 7.56. The van der Waals surface area contributed by atoms with Crippen LogP contribution in [0, 0.1) is 0 Å². The zero-order chi connectivity index (χ0) is 17.2. The number of hydrogen-bond acceptors (Lipinski definition) is 7. The second-order valence-corrected chi connectivity index (χ2v) is 7.28. The van der Waals surface area contributed by atoms with Gasteiger partial charge in [0.25, 0.3) is 11.1 Å². The van der Waals surface area contributed by atoms with Gasteiger partial charge >= 0.3 is 0 Å². The molecular formula is C16H19N3O4S. The number of benzene rings is 1. The third kappa shape index (κ3) is 4.19. The van der Waals surface area contributed by atoms with Crippen LogP contribution in [0.1, 0.15) is 32.8 Å². The van der Waals surface area contributed by atoms with Crippen LogP contribution in [-0.4, -0.2) is 34.0 Å². The van der Waals surface area contributed by atoms with Crippen LogP contribution in [0.25, 0.3) is 0 Å². The average Bonchev–Trinajstić information content (AvgIpc) is 3.00. The number of carbonyl (C=O) groups excluding carboxylic acids is 1. The zero-order valence-electron chi connectivity index (χ0n) is 13.7. The quantitative estimate of drug-likeness (QED) is 0.849. The Morgan fingerprint density at radius 2 is 2.04 bits per heavy atom. The third-order valence-electron chi connectivity index (χ3n) is 3.05. The fourth-order valence-corrected chi connectivity index (χ4v) is 2.70. The molecule has 2 heterocycles. The molecule has 3 rings (SSSR count). The molecule has 8 heteroatoms. The molecule has 24 heavy (non-hydrogen) atoms. The summed E-state index contributed by atoms with van der Waals surface area (Å²) in [5.74, 6) is 1.80. The molecule has 128 valence electrons. The Morgan fingerprint density at radius 1 is 1.29 bits per heavy atom. The largest absolute Gasteiger partial charge is 0.485 e. The molecule has 1 N–H and O–H groups in total. The number of amides is 1. The fourth-order valence-electron chi connectivity index (χ4n) is 2.13. The van der Waals surface area contributed by atoms with Crippen LogP contribution in [0.5, 0.6) is 11.5 Å². The van der Waals surface area contributed by atoms with Crippen LogP contribution in [0.4, 0.5) is 0 Å². The van der Waals surface area contributed by atoms with E-state index in [2.05, 4.69) is 15.5 Å². The van der Waals surface area contributed by atoms with Gasteiger partial charge < -0.3 is 19.2 Å². The van der Waals surface area contributed by atoms with Crippen LogP contribution >= 0.6 is 11.8 Å². The first-order valence-corrected chi connectivity index (χ1v) is 8.55. The van der Waals surface area contributed by atoms with Crippen molar-refractivity contribution in [3.8, 4) is 11.5 Å². The second-order valence-electron chi connectivity index (χ2n) is 6.36. The van der Waals surface area contributed by atoms with Gasteiger partial charge in [0, 0.05) is 5.54 Å². The minimum absolute atomic E-state index is 0.0848. The number of para-hydroxylation sites is 2. The van der Waals surface area contributed by atoms with Gasteiger partial charge in [-0.2, -0.15) is 0 Å². The van der Waals surface area contributed by atoms with E-state index >= 15 is 0 Å². The summed E-state index contributed by atoms with van der Waals surface area (Å²) >= 11 is 1.19. The number of carbonyl (C=O) groups is 1. The van der Waals surface area contributed by atoms with Crippen molar-refractivity contribution in [1.29, 1.82) is 0 Å². The standard InChI is InChI=1S/C16H19N3O4S/c1-16(2,3)17-13(20)9-24-15-19-18-14(23-15)12-8-21-10-6-4-5-7-11(10)22-12/h4-7,12H,8-9H2,1-3H3,(H,17,20). The highest BCUT2D eigenvalue weighted by atomic mass is 32.2. The molecule has 0 bridgehead atoms. The summed E-state index contributed by atoms with van der Waals surface area (Å²) < 4.78 is 17.0. The molecule has 1 aliphatic rings. The molecule has 1 aromatic carbocycles. The van der Waals surface area contributed by atoms with Crippen molar-refractivity contribution in [2.24, 2.45) is 0 Å². The first-order chi connectivity index (χ1) is 11.4. The highest BCUT2D eigenvalue weighted by Gasteiger charge is 2.27. The van der Waals surface area contributed by atoms with Gasteiger partial charge in [-0.25, -0.2) is 0 Å². The minimum Gasteiger partial charge on any atom is -0.485 e. The SMILES string of the molecule is CC(C)(C)NC(=O)CSc1nnc(C2COc3ccccc3O2)o1. The van der Waals surface area contributed by atoms with E-state index in [0.717, 1.165) is 0 Å².